The summed E-state index contributed by atoms with van der Waals surface area (Å²) in [7, 11) is 3.06. The number of esters is 1. The largest absolute Gasteiger partial charge is 1.00 e. The van der Waals surface area contributed by atoms with Crippen LogP contribution in [0.4, 0.5) is 26.3 Å². The second kappa shape index (κ2) is 26.1. The summed E-state index contributed by atoms with van der Waals surface area (Å²) in [6.45, 7) is 4.90. The number of hydrogen-bond donors (Lipinski definition) is 1. The molecule has 4 heterocycles. The Morgan fingerprint density at radius 1 is 0.590 bits per heavy atom. The van der Waals surface area contributed by atoms with Crippen molar-refractivity contribution in [2.75, 3.05) is 13.2 Å². The Labute approximate surface area is 461 Å². The van der Waals surface area contributed by atoms with Crippen molar-refractivity contribution in [3.63, 3.8) is 0 Å². The van der Waals surface area contributed by atoms with Crippen LogP contribution in [0, 0.1) is 13.8 Å². The Morgan fingerprint density at radius 2 is 0.962 bits per heavy atom. The zero-order chi connectivity index (χ0) is 54.7. The van der Waals surface area contributed by atoms with Crippen LogP contribution in [0.25, 0.3) is 44.6 Å². The molecule has 78 heavy (non-hydrogen) atoms. The van der Waals surface area contributed by atoms with Gasteiger partial charge in [-0.2, -0.15) is 0 Å². The van der Waals surface area contributed by atoms with E-state index >= 15 is 0 Å². The van der Waals surface area contributed by atoms with Crippen LogP contribution in [0.2, 0.25) is 10.0 Å². The number of aliphatic hydroxyl groups is 1. The maximum absolute atomic E-state index is 13.8. The predicted octanol–water partition coefficient (Wildman–Crippen LogP) is 5.49. The fourth-order valence-electron chi connectivity index (χ4n) is 9.05. The Bertz CT molecular complexity index is 3680. The molecule has 17 nitrogen and oxygen atoms in total. The molecule has 0 amide bonds. The number of nitrogens with zero attached hydrogens (tertiary/aromatic N) is 6. The molecule has 4 N–H and O–H groups in total. The Hall–Kier alpha value is -6.97. The summed E-state index contributed by atoms with van der Waals surface area (Å²) < 4.78 is 98.8. The van der Waals surface area contributed by atoms with Gasteiger partial charge in [0.25, 0.3) is 11.1 Å². The molecule has 26 heteroatoms. The fourth-order valence-corrected chi connectivity index (χ4v) is 9.30. The molecule has 4 aromatic carbocycles. The van der Waals surface area contributed by atoms with E-state index in [1.807, 2.05) is 0 Å². The van der Waals surface area contributed by atoms with Gasteiger partial charge in [-0.05, 0) is 97.5 Å². The topological polar surface area (TPSA) is 224 Å². The molecule has 0 atom stereocenters. The minimum absolute atomic E-state index is 0. The van der Waals surface area contributed by atoms with Gasteiger partial charge in [0.2, 0.25) is 0 Å². The number of aromatic nitrogens is 6. The van der Waals surface area contributed by atoms with E-state index in [1.165, 1.54) is 66.6 Å². The first-order chi connectivity index (χ1) is 35.4. The van der Waals surface area contributed by atoms with Gasteiger partial charge in [-0.15, -0.1) is 26.3 Å². The number of halogens is 8. The van der Waals surface area contributed by atoms with E-state index in [0.29, 0.717) is 54.7 Å². The number of ether oxygens (including phenoxy) is 3. The van der Waals surface area contributed by atoms with Gasteiger partial charge in [0.05, 0.1) is 29.0 Å². The maximum atomic E-state index is 13.8. The number of aliphatic hydroxyl groups excluding tert-OH is 1. The van der Waals surface area contributed by atoms with Gasteiger partial charge in [0, 0.05) is 75.0 Å². The van der Waals surface area contributed by atoms with Crippen LogP contribution in [0.3, 0.4) is 0 Å². The van der Waals surface area contributed by atoms with Gasteiger partial charge in [0.1, 0.15) is 22.5 Å². The molecule has 412 valence electrons. The van der Waals surface area contributed by atoms with Crippen molar-refractivity contribution < 1.29 is 80.3 Å². The fraction of sp³-hybridized carbons (Fsp3) is 0.288. The molecule has 4 aromatic heterocycles. The van der Waals surface area contributed by atoms with E-state index in [-0.39, 0.29) is 93.1 Å². The number of rotatable bonds is 15. The predicted molar refractivity (Wildman–Crippen MR) is 276 cm³/mol. The summed E-state index contributed by atoms with van der Waals surface area (Å²) in [6, 6.07) is 24.8. The van der Waals surface area contributed by atoms with Crippen molar-refractivity contribution in [3.8, 4) is 34.0 Å². The molecule has 0 aliphatic carbocycles. The SMILES string of the molecule is CC(=O)OCCCn1c(=O)c2c(c(C)c(-c3cccc(OC(F)(F)F)c3)n2Cc2ccc(Cl)cc2)n(C)c1=O.Cc1c(-c2cccc(OC(F)(F)F)c2)n(Cc2ccc(Cl)cc2)c2c(=O)n(CCCO)c(=O)n(C)c12.O.[Li+].[OH-]. The Balaban J connectivity index is 0.000000325. The molecule has 0 aliphatic rings. The van der Waals surface area contributed by atoms with Crippen molar-refractivity contribution >= 4 is 51.2 Å². The number of fused-ring (bicyclic) bond motifs is 2. The van der Waals surface area contributed by atoms with E-state index in [9.17, 15) is 55.4 Å². The minimum Gasteiger partial charge on any atom is -0.870 e. The van der Waals surface area contributed by atoms with Crippen molar-refractivity contribution in [2.45, 2.75) is 72.5 Å². The Morgan fingerprint density at radius 3 is 1.31 bits per heavy atom. The molecule has 0 saturated heterocycles. The molecular formula is C52H51Cl2F6LiN6O11. The molecule has 0 bridgehead atoms. The van der Waals surface area contributed by atoms with Crippen molar-refractivity contribution in [2.24, 2.45) is 14.1 Å². The van der Waals surface area contributed by atoms with Gasteiger partial charge in [0.15, 0.2) is 0 Å². The molecule has 0 radical (unpaired) electrons. The summed E-state index contributed by atoms with van der Waals surface area (Å²) >= 11 is 12.1. The third kappa shape index (κ3) is 14.2. The van der Waals surface area contributed by atoms with Crippen LogP contribution in [0.1, 0.15) is 42.0 Å². The number of alkyl halides is 6. The van der Waals surface area contributed by atoms with Crippen molar-refractivity contribution in [1.29, 1.82) is 0 Å². The summed E-state index contributed by atoms with van der Waals surface area (Å²) in [5, 5.41) is 10.3. The van der Waals surface area contributed by atoms with Crippen molar-refractivity contribution in [3.05, 3.63) is 171 Å². The molecule has 0 saturated carbocycles. The van der Waals surface area contributed by atoms with Crippen LogP contribution in [0.15, 0.2) is 116 Å². The summed E-state index contributed by atoms with van der Waals surface area (Å²) in [5.74, 6) is -1.30. The third-order valence-corrected chi connectivity index (χ3v) is 12.6. The first kappa shape index (κ1) is 63.6. The average Bonchev–Trinajstić information content (AvgIpc) is 3.79. The molecule has 0 fully saturated rings. The first-order valence-electron chi connectivity index (χ1n) is 23.0. The zero-order valence-corrected chi connectivity index (χ0v) is 44.3. The van der Waals surface area contributed by atoms with Gasteiger partial charge in [-0.25, -0.2) is 9.59 Å². The maximum Gasteiger partial charge on any atom is 1.00 e. The normalized spacial score (nSPS) is 11.3. The summed E-state index contributed by atoms with van der Waals surface area (Å²) in [5.41, 5.74) is 3.24. The number of aryl methyl sites for hydroxylation is 4. The molecule has 8 aromatic rings. The van der Waals surface area contributed by atoms with E-state index in [1.54, 1.807) is 83.6 Å². The molecular weight excluding hydrogens is 1080 g/mol. The van der Waals surface area contributed by atoms with E-state index < -0.39 is 52.7 Å². The van der Waals surface area contributed by atoms with Gasteiger partial charge < -0.3 is 39.4 Å². The number of benzene rings is 4. The van der Waals surface area contributed by atoms with E-state index in [2.05, 4.69) is 9.47 Å². The second-order valence-corrected chi connectivity index (χ2v) is 18.2. The van der Waals surface area contributed by atoms with E-state index in [0.717, 1.165) is 20.3 Å². The standard InChI is InChI=1S/C27H25ClF3N3O5.C25H23ClF3N3O4.Li.2H2O/c1-16-22(19-6-4-7-21(14-19)39-27(29,30)31)34(15-18-8-10-20(28)11-9-18)24-23(16)32(3)26(37)33(25(24)36)12-5-13-38-17(2)35;1-15-20(17-5-3-6-19(13-17)36-25(27,28)29)32(14-16-7-9-18(26)10-8-16)22-21(15)30(2)24(35)31(23(22)34)11-4-12-33;;;/h4,6-11,14H,5,12-13,15H2,1-3H3;3,5-10,13,33H,4,11-12,14H2,1-2H3;;2*1H2/q;;+1;;/p-1. The van der Waals surface area contributed by atoms with Crippen LogP contribution < -0.4 is 50.8 Å². The second-order valence-electron chi connectivity index (χ2n) is 17.3. The third-order valence-electron chi connectivity index (χ3n) is 12.1. The smallest absolute Gasteiger partial charge is 0.870 e. The molecule has 8 rings (SSSR count). The monoisotopic (exact) mass is 1130 g/mol. The van der Waals surface area contributed by atoms with Crippen molar-refractivity contribution in [1.82, 2.24) is 27.4 Å². The Kier molecular flexibility index (Phi) is 21.3. The molecule has 0 unspecified atom stereocenters. The van der Waals surface area contributed by atoms with Gasteiger partial charge in [-0.1, -0.05) is 71.7 Å². The summed E-state index contributed by atoms with van der Waals surface area (Å²) in [6.07, 6.45) is -9.30. The number of carbonyl (C=O) groups excluding carboxylic acids is 1. The average molecular weight is 1130 g/mol. The number of carbonyl (C=O) groups is 1. The van der Waals surface area contributed by atoms with Crippen LogP contribution in [0.5, 0.6) is 11.5 Å². The van der Waals surface area contributed by atoms with Gasteiger partial charge >= 0.3 is 48.9 Å². The van der Waals surface area contributed by atoms with Crippen LogP contribution in [-0.2, 0) is 49.8 Å². The summed E-state index contributed by atoms with van der Waals surface area (Å²) in [4.78, 5) is 64.6. The van der Waals surface area contributed by atoms with Crippen LogP contribution >= 0.6 is 23.2 Å². The quantitative estimate of drug-likeness (QED) is 0.0588. The molecule has 0 aliphatic heterocycles. The zero-order valence-electron chi connectivity index (χ0n) is 42.8. The number of hydrogen-bond acceptors (Lipinski definition) is 10. The minimum atomic E-state index is -4.88. The first-order valence-corrected chi connectivity index (χ1v) is 23.7. The van der Waals surface area contributed by atoms with Crippen LogP contribution in [-0.4, -0.2) is 75.4 Å². The molecule has 0 spiro atoms. The van der Waals surface area contributed by atoms with Gasteiger partial charge in [-0.3, -0.25) is 32.7 Å². The van der Waals surface area contributed by atoms with E-state index in [4.69, 9.17) is 27.9 Å².